The quantitative estimate of drug-likeness (QED) is 0.279. The van der Waals surface area contributed by atoms with Crippen molar-refractivity contribution >= 4 is 11.0 Å². The predicted octanol–water partition coefficient (Wildman–Crippen LogP) is 2.20. The Bertz CT molecular complexity index is 1100. The van der Waals surface area contributed by atoms with E-state index in [0.29, 0.717) is 24.8 Å². The number of aromatic amines is 1. The Balaban J connectivity index is 1.35. The van der Waals surface area contributed by atoms with Crippen LogP contribution < -0.4 is 5.32 Å². The van der Waals surface area contributed by atoms with E-state index in [9.17, 15) is 5.26 Å². The summed E-state index contributed by atoms with van der Waals surface area (Å²) in [4.78, 5) is 18.8. The molecule has 1 saturated carbocycles. The number of fused-ring (bicyclic) bond motifs is 2. The molecule has 32 heavy (non-hydrogen) atoms. The third-order valence-electron chi connectivity index (χ3n) is 7.02. The van der Waals surface area contributed by atoms with Crippen LogP contribution in [0, 0.1) is 23.2 Å². The maximum atomic E-state index is 9.64. The van der Waals surface area contributed by atoms with Crippen molar-refractivity contribution in [3.63, 3.8) is 0 Å². The van der Waals surface area contributed by atoms with Crippen molar-refractivity contribution in [3.05, 3.63) is 31.0 Å². The summed E-state index contributed by atoms with van der Waals surface area (Å²) in [6.45, 7) is 5.25. The van der Waals surface area contributed by atoms with Crippen molar-refractivity contribution < 1.29 is 10.1 Å². The molecule has 2 fully saturated rings. The number of rotatable bonds is 8. The van der Waals surface area contributed by atoms with Crippen molar-refractivity contribution in [2.24, 2.45) is 11.8 Å². The Morgan fingerprint density at radius 1 is 1.38 bits per heavy atom. The Hall–Kier alpha value is -2.84. The van der Waals surface area contributed by atoms with E-state index in [2.05, 4.69) is 36.1 Å². The Kier molecular flexibility index (Phi) is 5.65. The fraction of sp³-hybridized carbons (Fsp3) is 0.545. The first-order valence-electron chi connectivity index (χ1n) is 11.1. The summed E-state index contributed by atoms with van der Waals surface area (Å²) in [6.07, 6.45) is 9.17. The number of aromatic nitrogens is 5. The van der Waals surface area contributed by atoms with Crippen LogP contribution in [0.15, 0.2) is 31.0 Å². The summed E-state index contributed by atoms with van der Waals surface area (Å²) in [7, 11) is 0. The van der Waals surface area contributed by atoms with Crippen molar-refractivity contribution in [2.75, 3.05) is 26.2 Å². The Morgan fingerprint density at radius 2 is 2.19 bits per heavy atom. The van der Waals surface area contributed by atoms with Crippen molar-refractivity contribution in [2.45, 2.75) is 38.0 Å². The second-order valence-corrected chi connectivity index (χ2v) is 8.99. The van der Waals surface area contributed by atoms with Crippen molar-refractivity contribution in [1.29, 1.82) is 5.26 Å². The second-order valence-electron chi connectivity index (χ2n) is 8.99. The van der Waals surface area contributed by atoms with Gasteiger partial charge in [-0.1, -0.05) is 6.92 Å². The fourth-order valence-corrected chi connectivity index (χ4v) is 5.67. The second kappa shape index (κ2) is 8.60. The van der Waals surface area contributed by atoms with E-state index in [1.165, 1.54) is 0 Å². The van der Waals surface area contributed by atoms with Gasteiger partial charge in [0.1, 0.15) is 12.0 Å². The van der Waals surface area contributed by atoms with Crippen LogP contribution in [0.3, 0.4) is 0 Å². The molecule has 4 atom stereocenters. The Labute approximate surface area is 186 Å². The van der Waals surface area contributed by atoms with Crippen LogP contribution >= 0.6 is 0 Å². The molecule has 0 amide bonds. The molecule has 10 nitrogen and oxygen atoms in total. The molecule has 4 heterocycles. The van der Waals surface area contributed by atoms with Gasteiger partial charge in [0.2, 0.25) is 0 Å². The molecule has 1 aliphatic carbocycles. The lowest BCUT2D eigenvalue weighted by atomic mass is 9.92. The highest BCUT2D eigenvalue weighted by Crippen LogP contribution is 2.49. The van der Waals surface area contributed by atoms with E-state index >= 15 is 0 Å². The maximum absolute atomic E-state index is 9.64. The molecule has 0 aromatic carbocycles. The molecule has 5 rings (SSSR count). The number of nitrogens with zero attached hydrogens (tertiary/aromatic N) is 6. The van der Waals surface area contributed by atoms with Gasteiger partial charge in [-0.2, -0.15) is 10.4 Å². The smallest absolute Gasteiger partial charge is 0.156 e. The van der Waals surface area contributed by atoms with Gasteiger partial charge in [-0.25, -0.2) is 14.9 Å². The number of hydrogen-bond donors (Lipinski definition) is 3. The lowest BCUT2D eigenvalue weighted by Crippen LogP contribution is -2.42. The molecular formula is C22H28N8O2. The summed E-state index contributed by atoms with van der Waals surface area (Å²) in [6, 6.07) is 4.38. The SMILES string of the molecule is CCNC(CN1C[C@@H]2C[C@@](CC#N)(n3cc(-c4ncnc5[nH]ccc45)cn3)C[C@@H]2C1)OO. The van der Waals surface area contributed by atoms with E-state index in [1.54, 1.807) is 6.33 Å². The van der Waals surface area contributed by atoms with Gasteiger partial charge in [-0.3, -0.25) is 20.2 Å². The summed E-state index contributed by atoms with van der Waals surface area (Å²) in [5, 5.41) is 27.6. The highest BCUT2D eigenvalue weighted by molar-refractivity contribution is 5.89. The van der Waals surface area contributed by atoms with Gasteiger partial charge in [-0.05, 0) is 37.3 Å². The monoisotopic (exact) mass is 436 g/mol. The van der Waals surface area contributed by atoms with Crippen LogP contribution in [0.25, 0.3) is 22.3 Å². The predicted molar refractivity (Wildman–Crippen MR) is 117 cm³/mol. The molecule has 3 N–H and O–H groups in total. The zero-order chi connectivity index (χ0) is 22.1. The van der Waals surface area contributed by atoms with E-state index in [-0.39, 0.29) is 11.8 Å². The first-order valence-corrected chi connectivity index (χ1v) is 11.1. The molecule has 3 aromatic rings. The van der Waals surface area contributed by atoms with E-state index in [1.807, 2.05) is 36.3 Å². The molecule has 3 aromatic heterocycles. The van der Waals surface area contributed by atoms with Crippen LogP contribution in [0.5, 0.6) is 0 Å². The van der Waals surface area contributed by atoms with Crippen LogP contribution in [0.2, 0.25) is 0 Å². The van der Waals surface area contributed by atoms with Gasteiger partial charge in [0.05, 0.1) is 29.9 Å². The standard InChI is InChI=1S/C22H28N8O2/c1-2-24-19(32-31)13-29-10-15-7-22(4-5-23,8-16(15)11-29)30-12-17(9-28-30)20-18-3-6-25-21(18)27-14-26-20/h3,6,9,12,14-16,19,24,31H,2,4,7-8,10-11,13H2,1H3,(H,25,26,27)/t15-,16+,19?,22+. The molecule has 1 aliphatic heterocycles. The van der Waals surface area contributed by atoms with Gasteiger partial charge < -0.3 is 4.98 Å². The lowest BCUT2D eigenvalue weighted by molar-refractivity contribution is -0.288. The molecule has 2 aliphatic rings. The molecule has 1 saturated heterocycles. The van der Waals surface area contributed by atoms with Gasteiger partial charge in [0.25, 0.3) is 0 Å². The van der Waals surface area contributed by atoms with Crippen LogP contribution in [-0.2, 0) is 10.4 Å². The number of nitriles is 1. The van der Waals surface area contributed by atoms with Gasteiger partial charge >= 0.3 is 0 Å². The normalized spacial score (nSPS) is 26.4. The number of likely N-dealkylation sites (N-methyl/N-ethyl adjacent to an activating group) is 1. The number of nitrogens with one attached hydrogen (secondary N) is 2. The number of H-pyrrole nitrogens is 1. The molecule has 168 valence electrons. The van der Waals surface area contributed by atoms with Crippen LogP contribution in [-0.4, -0.2) is 67.3 Å². The molecule has 1 unspecified atom stereocenters. The highest BCUT2D eigenvalue weighted by atomic mass is 17.1. The lowest BCUT2D eigenvalue weighted by Gasteiger charge is -2.30. The molecule has 0 spiro atoms. The van der Waals surface area contributed by atoms with E-state index in [4.69, 9.17) is 10.4 Å². The summed E-state index contributed by atoms with van der Waals surface area (Å²) in [5.41, 5.74) is 2.28. The first-order chi connectivity index (χ1) is 15.7. The average molecular weight is 437 g/mol. The minimum Gasteiger partial charge on any atom is -0.346 e. The number of likely N-dealkylation sites (tertiary alicyclic amines) is 1. The Morgan fingerprint density at radius 3 is 2.91 bits per heavy atom. The van der Waals surface area contributed by atoms with Gasteiger partial charge in [-0.15, -0.1) is 0 Å². The maximum Gasteiger partial charge on any atom is 0.156 e. The highest BCUT2D eigenvalue weighted by Gasteiger charge is 2.50. The summed E-state index contributed by atoms with van der Waals surface area (Å²) < 4.78 is 2.01. The van der Waals surface area contributed by atoms with E-state index in [0.717, 1.165) is 54.8 Å². The minimum atomic E-state index is -0.380. The zero-order valence-electron chi connectivity index (χ0n) is 18.1. The largest absolute Gasteiger partial charge is 0.346 e. The van der Waals surface area contributed by atoms with Gasteiger partial charge in [0, 0.05) is 43.0 Å². The van der Waals surface area contributed by atoms with Crippen LogP contribution in [0.1, 0.15) is 26.2 Å². The zero-order valence-corrected chi connectivity index (χ0v) is 18.1. The van der Waals surface area contributed by atoms with Gasteiger partial charge in [0.15, 0.2) is 6.23 Å². The molecule has 0 radical (unpaired) electrons. The van der Waals surface area contributed by atoms with Crippen LogP contribution in [0.4, 0.5) is 0 Å². The molecule has 0 bridgehead atoms. The summed E-state index contributed by atoms with van der Waals surface area (Å²) >= 11 is 0. The third kappa shape index (κ3) is 3.67. The molecule has 10 heteroatoms. The third-order valence-corrected chi connectivity index (χ3v) is 7.02. The minimum absolute atomic E-state index is 0.298. The summed E-state index contributed by atoms with van der Waals surface area (Å²) in [5.74, 6) is 0.986. The van der Waals surface area contributed by atoms with Crippen molar-refractivity contribution in [1.82, 2.24) is 34.9 Å². The topological polar surface area (TPSA) is 128 Å². The number of hydrogen-bond acceptors (Lipinski definition) is 8. The fourth-order valence-electron chi connectivity index (χ4n) is 5.67. The first kappa shape index (κ1) is 21.0. The average Bonchev–Trinajstić information content (AvgIpc) is 3.56. The van der Waals surface area contributed by atoms with E-state index < -0.39 is 0 Å². The molecular weight excluding hydrogens is 408 g/mol. The van der Waals surface area contributed by atoms with Crippen molar-refractivity contribution in [3.8, 4) is 17.3 Å².